The zero-order valence-electron chi connectivity index (χ0n) is 21.1. The van der Waals surface area contributed by atoms with Crippen LogP contribution in [0, 0.1) is 20.8 Å². The molecule has 4 heterocycles. The maximum atomic E-state index is 12.1. The van der Waals surface area contributed by atoms with Crippen molar-refractivity contribution in [3.63, 3.8) is 0 Å². The number of methoxy groups -OCH3 is 1. The molecule has 0 saturated carbocycles. The van der Waals surface area contributed by atoms with E-state index >= 15 is 0 Å². The van der Waals surface area contributed by atoms with Gasteiger partial charge in [0.15, 0.2) is 10.2 Å². The first-order valence-corrected chi connectivity index (χ1v) is 13.2. The first kappa shape index (κ1) is 25.1. The van der Waals surface area contributed by atoms with Crippen molar-refractivity contribution in [3.05, 3.63) is 88.4 Å². The van der Waals surface area contributed by atoms with Crippen LogP contribution in [0.4, 0.5) is 11.4 Å². The number of aromatic nitrogens is 3. The summed E-state index contributed by atoms with van der Waals surface area (Å²) in [5, 5.41) is 9.97. The molecule has 4 aromatic rings. The third-order valence-corrected chi connectivity index (χ3v) is 7.61. The van der Waals surface area contributed by atoms with Crippen LogP contribution in [0.1, 0.15) is 40.3 Å². The van der Waals surface area contributed by atoms with Crippen molar-refractivity contribution >= 4 is 45.9 Å². The van der Waals surface area contributed by atoms with E-state index in [1.165, 1.54) is 7.11 Å². The number of hydrogen-bond acceptors (Lipinski definition) is 6. The second-order valence-electron chi connectivity index (χ2n) is 8.95. The van der Waals surface area contributed by atoms with Gasteiger partial charge in [-0.05, 0) is 80.5 Å². The number of benzene rings is 1. The van der Waals surface area contributed by atoms with Crippen LogP contribution in [0.3, 0.4) is 0 Å². The van der Waals surface area contributed by atoms with Crippen LogP contribution in [-0.4, -0.2) is 39.3 Å². The summed E-state index contributed by atoms with van der Waals surface area (Å²) in [5.74, 6) is -0.195. The van der Waals surface area contributed by atoms with Crippen molar-refractivity contribution in [1.29, 1.82) is 0 Å². The standard InChI is InChI=1S/C27H28N6O2S2/c1-16-13-19(8-9-21(16)30-23(34)15-35-4)33-25(24(31-26(33)36)22-7-5-6-10-28-22)20-14-17(2)32(18(20)3)27-29-11-12-37-27/h5-14,24-25H,15H2,1-4H3,(H,30,34)(H,31,36). The van der Waals surface area contributed by atoms with Gasteiger partial charge in [-0.2, -0.15) is 0 Å². The van der Waals surface area contributed by atoms with Crippen molar-refractivity contribution in [2.45, 2.75) is 32.9 Å². The molecular formula is C27H28N6O2S2. The molecule has 37 heavy (non-hydrogen) atoms. The summed E-state index contributed by atoms with van der Waals surface area (Å²) in [6, 6.07) is 13.8. The van der Waals surface area contributed by atoms with Gasteiger partial charge in [0.25, 0.3) is 0 Å². The molecule has 3 aromatic heterocycles. The minimum absolute atomic E-state index is 0.00384. The first-order valence-electron chi connectivity index (χ1n) is 11.9. The highest BCUT2D eigenvalue weighted by Crippen LogP contribution is 2.44. The molecule has 5 rings (SSSR count). The molecule has 0 spiro atoms. The Labute approximate surface area is 225 Å². The normalized spacial score (nSPS) is 17.2. The van der Waals surface area contributed by atoms with E-state index in [1.54, 1.807) is 17.5 Å². The van der Waals surface area contributed by atoms with Crippen molar-refractivity contribution in [2.75, 3.05) is 23.9 Å². The van der Waals surface area contributed by atoms with E-state index in [2.05, 4.69) is 50.0 Å². The van der Waals surface area contributed by atoms with Crippen LogP contribution < -0.4 is 15.5 Å². The van der Waals surface area contributed by atoms with Gasteiger partial charge >= 0.3 is 0 Å². The van der Waals surface area contributed by atoms with Gasteiger partial charge in [-0.3, -0.25) is 14.3 Å². The SMILES string of the molecule is COCC(=O)Nc1ccc(N2C(=S)NC(c3ccccn3)C2c2cc(C)n(-c3nccs3)c2C)cc1C. The Morgan fingerprint density at radius 2 is 2.00 bits per heavy atom. The van der Waals surface area contributed by atoms with Gasteiger partial charge < -0.3 is 20.3 Å². The Kier molecular flexibility index (Phi) is 7.05. The number of hydrogen-bond donors (Lipinski definition) is 2. The predicted molar refractivity (Wildman–Crippen MR) is 151 cm³/mol. The van der Waals surface area contributed by atoms with Gasteiger partial charge in [-0.1, -0.05) is 6.07 Å². The van der Waals surface area contributed by atoms with E-state index in [9.17, 15) is 4.79 Å². The molecular weight excluding hydrogens is 504 g/mol. The number of amides is 1. The van der Waals surface area contributed by atoms with Crippen LogP contribution in [0.15, 0.2) is 60.2 Å². The molecule has 190 valence electrons. The average molecular weight is 533 g/mol. The summed E-state index contributed by atoms with van der Waals surface area (Å²) in [6.45, 7) is 6.20. The zero-order valence-corrected chi connectivity index (χ0v) is 22.7. The molecule has 2 N–H and O–H groups in total. The van der Waals surface area contributed by atoms with Crippen molar-refractivity contribution in [3.8, 4) is 5.13 Å². The molecule has 0 aliphatic carbocycles. The zero-order chi connectivity index (χ0) is 26.1. The topological polar surface area (TPSA) is 84.3 Å². The van der Waals surface area contributed by atoms with E-state index in [0.29, 0.717) is 5.11 Å². The summed E-state index contributed by atoms with van der Waals surface area (Å²) < 4.78 is 7.13. The number of carbonyl (C=O) groups is 1. The lowest BCUT2D eigenvalue weighted by molar-refractivity contribution is -0.119. The van der Waals surface area contributed by atoms with Gasteiger partial charge in [0.05, 0.1) is 17.8 Å². The quantitative estimate of drug-likeness (QED) is 0.324. The first-order chi connectivity index (χ1) is 17.9. The number of nitrogens with one attached hydrogen (secondary N) is 2. The van der Waals surface area contributed by atoms with E-state index in [-0.39, 0.29) is 24.6 Å². The maximum absolute atomic E-state index is 12.1. The second-order valence-corrected chi connectivity index (χ2v) is 10.2. The Morgan fingerprint density at radius 1 is 1.16 bits per heavy atom. The Bertz CT molecular complexity index is 1430. The van der Waals surface area contributed by atoms with E-state index in [0.717, 1.165) is 44.7 Å². The minimum atomic E-state index is -0.195. The fourth-order valence-corrected chi connectivity index (χ4v) is 6.01. The Morgan fingerprint density at radius 3 is 2.68 bits per heavy atom. The highest BCUT2D eigenvalue weighted by atomic mass is 32.1. The number of thiazole rings is 1. The summed E-state index contributed by atoms with van der Waals surface area (Å²) >= 11 is 7.51. The van der Waals surface area contributed by atoms with Crippen molar-refractivity contribution < 1.29 is 9.53 Å². The molecule has 10 heteroatoms. The maximum Gasteiger partial charge on any atom is 0.250 e. The number of nitrogens with zero attached hydrogens (tertiary/aromatic N) is 4. The van der Waals surface area contributed by atoms with Crippen LogP contribution in [0.2, 0.25) is 0 Å². The minimum Gasteiger partial charge on any atom is -0.375 e. The third kappa shape index (κ3) is 4.75. The van der Waals surface area contributed by atoms with Gasteiger partial charge in [0, 0.05) is 47.6 Å². The summed E-state index contributed by atoms with van der Waals surface area (Å²) in [6.07, 6.45) is 3.63. The van der Waals surface area contributed by atoms with Gasteiger partial charge in [0.1, 0.15) is 6.61 Å². The van der Waals surface area contributed by atoms with Gasteiger partial charge in [-0.15, -0.1) is 11.3 Å². The highest BCUT2D eigenvalue weighted by molar-refractivity contribution is 7.80. The van der Waals surface area contributed by atoms with E-state index in [4.69, 9.17) is 17.0 Å². The van der Waals surface area contributed by atoms with Crippen molar-refractivity contribution in [1.82, 2.24) is 19.9 Å². The summed E-state index contributed by atoms with van der Waals surface area (Å²) in [7, 11) is 1.50. The van der Waals surface area contributed by atoms with E-state index < -0.39 is 0 Å². The van der Waals surface area contributed by atoms with Crippen LogP contribution in [0.25, 0.3) is 5.13 Å². The lowest BCUT2D eigenvalue weighted by atomic mass is 9.96. The smallest absolute Gasteiger partial charge is 0.250 e. The molecule has 8 nitrogen and oxygen atoms in total. The lowest BCUT2D eigenvalue weighted by Crippen LogP contribution is -2.29. The van der Waals surface area contributed by atoms with Crippen LogP contribution in [0.5, 0.6) is 0 Å². The number of rotatable bonds is 7. The molecule has 2 atom stereocenters. The number of aryl methyl sites for hydroxylation is 2. The number of anilines is 2. The van der Waals surface area contributed by atoms with E-state index in [1.807, 2.05) is 54.9 Å². The molecule has 0 radical (unpaired) electrons. The molecule has 1 fully saturated rings. The number of ether oxygens (including phenoxy) is 1. The molecule has 1 saturated heterocycles. The largest absolute Gasteiger partial charge is 0.375 e. The summed E-state index contributed by atoms with van der Waals surface area (Å²) in [5.41, 5.74) is 6.87. The second kappa shape index (κ2) is 10.4. The fourth-order valence-electron chi connectivity index (χ4n) is 4.91. The molecule has 1 amide bonds. The van der Waals surface area contributed by atoms with Crippen molar-refractivity contribution in [2.24, 2.45) is 0 Å². The van der Waals surface area contributed by atoms with Crippen LogP contribution in [-0.2, 0) is 9.53 Å². The number of carbonyl (C=O) groups excluding carboxylic acids is 1. The molecule has 1 aliphatic rings. The lowest BCUT2D eigenvalue weighted by Gasteiger charge is -2.28. The molecule has 1 aliphatic heterocycles. The highest BCUT2D eigenvalue weighted by Gasteiger charge is 2.42. The fraction of sp³-hybridized carbons (Fsp3) is 0.259. The number of pyridine rings is 1. The average Bonchev–Trinajstić information content (AvgIpc) is 3.59. The van der Waals surface area contributed by atoms with Crippen LogP contribution >= 0.6 is 23.6 Å². The Balaban J connectivity index is 1.60. The molecule has 1 aromatic carbocycles. The molecule has 2 unspecified atom stereocenters. The summed E-state index contributed by atoms with van der Waals surface area (Å²) in [4.78, 5) is 23.4. The molecule has 0 bridgehead atoms. The third-order valence-electron chi connectivity index (χ3n) is 6.54. The van der Waals surface area contributed by atoms with Gasteiger partial charge in [-0.25, -0.2) is 4.98 Å². The monoisotopic (exact) mass is 532 g/mol. The predicted octanol–water partition coefficient (Wildman–Crippen LogP) is 5.02. The number of thiocarbonyl (C=S) groups is 1. The van der Waals surface area contributed by atoms with Gasteiger partial charge in [0.2, 0.25) is 5.91 Å². The Hall–Kier alpha value is -3.60.